The Kier molecular flexibility index (Phi) is 6.21. The minimum absolute atomic E-state index is 0.122. The summed E-state index contributed by atoms with van der Waals surface area (Å²) in [5.41, 5.74) is 1.10. The second-order valence-corrected chi connectivity index (χ2v) is 7.11. The molecule has 1 fully saturated rings. The standard InChI is InChI=1S/C21H28N4O4/c1-15-3-5-18(29-15)17(25-7-9-26-10-8-25)13-24-21(22-2)23-12-16-4-6-19-20(11-16)28-14-27-19/h3-6,11,17H,7-10,12-14H2,1-2H3,(H2,22,23,24). The molecule has 1 aromatic carbocycles. The zero-order valence-electron chi connectivity index (χ0n) is 16.9. The molecule has 8 nitrogen and oxygen atoms in total. The summed E-state index contributed by atoms with van der Waals surface area (Å²) in [4.78, 5) is 6.75. The van der Waals surface area contributed by atoms with Crippen molar-refractivity contribution >= 4 is 5.96 Å². The summed E-state index contributed by atoms with van der Waals surface area (Å²) in [6.45, 7) is 6.83. The number of furan rings is 1. The number of aliphatic imine (C=N–C) groups is 1. The molecule has 156 valence electrons. The number of nitrogens with one attached hydrogen (secondary N) is 2. The number of aryl methyl sites for hydroxylation is 1. The molecule has 0 saturated carbocycles. The SMILES string of the molecule is CN=C(NCc1ccc2c(c1)OCO2)NCC(c1ccc(C)o1)N1CCOCC1. The number of morpholine rings is 1. The van der Waals surface area contributed by atoms with Gasteiger partial charge in [-0.3, -0.25) is 9.89 Å². The molecule has 3 heterocycles. The van der Waals surface area contributed by atoms with E-state index in [9.17, 15) is 0 Å². The summed E-state index contributed by atoms with van der Waals surface area (Å²) >= 11 is 0. The maximum Gasteiger partial charge on any atom is 0.231 e. The topological polar surface area (TPSA) is 80.5 Å². The molecule has 29 heavy (non-hydrogen) atoms. The first-order valence-electron chi connectivity index (χ1n) is 9.94. The average Bonchev–Trinajstić information content (AvgIpc) is 3.39. The van der Waals surface area contributed by atoms with Crippen LogP contribution >= 0.6 is 0 Å². The van der Waals surface area contributed by atoms with Crippen molar-refractivity contribution in [2.75, 3.05) is 46.7 Å². The van der Waals surface area contributed by atoms with Gasteiger partial charge < -0.3 is 29.3 Å². The van der Waals surface area contributed by atoms with Crippen molar-refractivity contribution in [1.29, 1.82) is 0 Å². The molecule has 1 unspecified atom stereocenters. The summed E-state index contributed by atoms with van der Waals surface area (Å²) < 4.78 is 22.3. The van der Waals surface area contributed by atoms with E-state index in [0.29, 0.717) is 13.1 Å². The van der Waals surface area contributed by atoms with E-state index in [1.807, 2.05) is 31.2 Å². The van der Waals surface area contributed by atoms with Crippen molar-refractivity contribution in [1.82, 2.24) is 15.5 Å². The second-order valence-electron chi connectivity index (χ2n) is 7.11. The number of hydrogen-bond acceptors (Lipinski definition) is 6. The molecule has 1 aromatic heterocycles. The highest BCUT2D eigenvalue weighted by molar-refractivity contribution is 5.79. The maximum atomic E-state index is 5.93. The van der Waals surface area contributed by atoms with Gasteiger partial charge in [-0.2, -0.15) is 0 Å². The number of ether oxygens (including phenoxy) is 3. The first kappa shape index (κ1) is 19.6. The van der Waals surface area contributed by atoms with Crippen LogP contribution < -0.4 is 20.1 Å². The molecule has 0 bridgehead atoms. The van der Waals surface area contributed by atoms with Crippen LogP contribution in [-0.4, -0.2) is 57.5 Å². The van der Waals surface area contributed by atoms with Gasteiger partial charge in [0.15, 0.2) is 17.5 Å². The third-order valence-corrected chi connectivity index (χ3v) is 5.16. The normalized spacial score (nSPS) is 17.9. The van der Waals surface area contributed by atoms with Crippen LogP contribution in [-0.2, 0) is 11.3 Å². The summed E-state index contributed by atoms with van der Waals surface area (Å²) in [7, 11) is 1.77. The van der Waals surface area contributed by atoms with Crippen molar-refractivity contribution < 1.29 is 18.6 Å². The molecule has 1 atom stereocenters. The third kappa shape index (κ3) is 4.83. The predicted molar refractivity (Wildman–Crippen MR) is 109 cm³/mol. The summed E-state index contributed by atoms with van der Waals surface area (Å²) in [5, 5.41) is 6.80. The third-order valence-electron chi connectivity index (χ3n) is 5.16. The van der Waals surface area contributed by atoms with Crippen LogP contribution in [0.25, 0.3) is 0 Å². The van der Waals surface area contributed by atoms with Gasteiger partial charge in [-0.1, -0.05) is 6.07 Å². The number of guanidine groups is 1. The minimum atomic E-state index is 0.122. The van der Waals surface area contributed by atoms with Crippen LogP contribution in [0, 0.1) is 6.92 Å². The second kappa shape index (κ2) is 9.19. The molecule has 2 N–H and O–H groups in total. The Bertz CT molecular complexity index is 845. The van der Waals surface area contributed by atoms with E-state index in [0.717, 1.165) is 60.8 Å². The molecular formula is C21H28N4O4. The van der Waals surface area contributed by atoms with Crippen LogP contribution in [0.3, 0.4) is 0 Å². The van der Waals surface area contributed by atoms with Crippen LogP contribution in [0.4, 0.5) is 0 Å². The van der Waals surface area contributed by atoms with E-state index in [1.165, 1.54) is 0 Å². The van der Waals surface area contributed by atoms with Gasteiger partial charge in [0.2, 0.25) is 6.79 Å². The predicted octanol–water partition coefficient (Wildman–Crippen LogP) is 2.06. The largest absolute Gasteiger partial charge is 0.465 e. The Morgan fingerprint density at radius 2 is 1.93 bits per heavy atom. The first-order valence-corrected chi connectivity index (χ1v) is 9.94. The molecule has 0 amide bonds. The van der Waals surface area contributed by atoms with Gasteiger partial charge >= 0.3 is 0 Å². The average molecular weight is 400 g/mol. The molecular weight excluding hydrogens is 372 g/mol. The molecule has 8 heteroatoms. The Balaban J connectivity index is 1.36. The fourth-order valence-corrected chi connectivity index (χ4v) is 3.58. The zero-order valence-corrected chi connectivity index (χ0v) is 16.9. The number of benzene rings is 1. The van der Waals surface area contributed by atoms with Crippen molar-refractivity contribution in [3.05, 3.63) is 47.4 Å². The molecule has 0 radical (unpaired) electrons. The van der Waals surface area contributed by atoms with E-state index in [-0.39, 0.29) is 12.8 Å². The lowest BCUT2D eigenvalue weighted by atomic mass is 10.1. The molecule has 0 aliphatic carbocycles. The van der Waals surface area contributed by atoms with Crippen molar-refractivity contribution in [2.24, 2.45) is 4.99 Å². The van der Waals surface area contributed by atoms with E-state index >= 15 is 0 Å². The van der Waals surface area contributed by atoms with Gasteiger partial charge in [0.1, 0.15) is 11.5 Å². The molecule has 2 aromatic rings. The van der Waals surface area contributed by atoms with Crippen molar-refractivity contribution in [3.8, 4) is 11.5 Å². The van der Waals surface area contributed by atoms with Crippen molar-refractivity contribution in [3.63, 3.8) is 0 Å². The number of rotatable bonds is 6. The summed E-state index contributed by atoms with van der Waals surface area (Å²) in [5.74, 6) is 4.20. The lowest BCUT2D eigenvalue weighted by molar-refractivity contribution is 0.0124. The van der Waals surface area contributed by atoms with Crippen LogP contribution in [0.15, 0.2) is 39.7 Å². The summed E-state index contributed by atoms with van der Waals surface area (Å²) in [6, 6.07) is 10.1. The van der Waals surface area contributed by atoms with Gasteiger partial charge in [0.05, 0.1) is 19.3 Å². The number of fused-ring (bicyclic) bond motifs is 1. The minimum Gasteiger partial charge on any atom is -0.465 e. The lowest BCUT2D eigenvalue weighted by Crippen LogP contribution is -2.46. The van der Waals surface area contributed by atoms with Gasteiger partial charge in [-0.25, -0.2) is 0 Å². The number of hydrogen-bond donors (Lipinski definition) is 2. The lowest BCUT2D eigenvalue weighted by Gasteiger charge is -2.33. The first-order chi connectivity index (χ1) is 14.2. The molecule has 2 aliphatic rings. The Labute approximate surface area is 170 Å². The monoisotopic (exact) mass is 400 g/mol. The molecule has 4 rings (SSSR count). The number of nitrogens with zero attached hydrogens (tertiary/aromatic N) is 2. The van der Waals surface area contributed by atoms with Crippen molar-refractivity contribution in [2.45, 2.75) is 19.5 Å². The highest BCUT2D eigenvalue weighted by atomic mass is 16.7. The van der Waals surface area contributed by atoms with E-state index in [1.54, 1.807) is 7.05 Å². The highest BCUT2D eigenvalue weighted by Gasteiger charge is 2.25. The van der Waals surface area contributed by atoms with E-state index in [4.69, 9.17) is 18.6 Å². The Morgan fingerprint density at radius 3 is 2.69 bits per heavy atom. The molecule has 0 spiro atoms. The molecule has 2 aliphatic heterocycles. The van der Waals surface area contributed by atoms with Gasteiger partial charge in [-0.15, -0.1) is 0 Å². The van der Waals surface area contributed by atoms with Gasteiger partial charge in [0.25, 0.3) is 0 Å². The van der Waals surface area contributed by atoms with E-state index < -0.39 is 0 Å². The quantitative estimate of drug-likeness (QED) is 0.567. The highest BCUT2D eigenvalue weighted by Crippen LogP contribution is 2.32. The van der Waals surface area contributed by atoms with Crippen LogP contribution in [0.5, 0.6) is 11.5 Å². The maximum absolute atomic E-state index is 5.93. The zero-order chi connectivity index (χ0) is 20.1. The Morgan fingerprint density at radius 1 is 1.10 bits per heavy atom. The van der Waals surface area contributed by atoms with E-state index in [2.05, 4.69) is 26.6 Å². The Hall–Kier alpha value is -2.71. The van der Waals surface area contributed by atoms with Gasteiger partial charge in [0, 0.05) is 33.2 Å². The molecule has 1 saturated heterocycles. The van der Waals surface area contributed by atoms with Crippen LogP contribution in [0.2, 0.25) is 0 Å². The van der Waals surface area contributed by atoms with Crippen LogP contribution in [0.1, 0.15) is 23.1 Å². The summed E-state index contributed by atoms with van der Waals surface area (Å²) in [6.07, 6.45) is 0. The fourth-order valence-electron chi connectivity index (χ4n) is 3.58. The smallest absolute Gasteiger partial charge is 0.231 e. The fraction of sp³-hybridized carbons (Fsp3) is 0.476. The van der Waals surface area contributed by atoms with Gasteiger partial charge in [-0.05, 0) is 36.8 Å².